The van der Waals surface area contributed by atoms with Crippen molar-refractivity contribution in [1.82, 2.24) is 0 Å². The molecule has 0 aromatic heterocycles. The molecule has 4 saturated carbocycles. The SMILES string of the molecule is CC(C)(C)C1CC2CCCCC2C(CC2C(O)C(C(C)(C)C)CC3CCCCC32)C1O. The lowest BCUT2D eigenvalue weighted by atomic mass is 9.51. The minimum Gasteiger partial charge on any atom is -0.393 e. The van der Waals surface area contributed by atoms with Crippen LogP contribution in [0, 0.1) is 58.2 Å². The summed E-state index contributed by atoms with van der Waals surface area (Å²) in [5.41, 5.74) is 0.319. The lowest BCUT2D eigenvalue weighted by molar-refractivity contribution is -0.134. The summed E-state index contributed by atoms with van der Waals surface area (Å²) < 4.78 is 0. The molecule has 10 unspecified atom stereocenters. The molecule has 4 aliphatic carbocycles. The number of aliphatic hydroxyl groups excluding tert-OH is 2. The van der Waals surface area contributed by atoms with Gasteiger partial charge in [0.1, 0.15) is 0 Å². The summed E-state index contributed by atoms with van der Waals surface area (Å²) in [7, 11) is 0. The zero-order valence-electron chi connectivity index (χ0n) is 21.4. The van der Waals surface area contributed by atoms with Crippen LogP contribution in [0.3, 0.4) is 0 Å². The zero-order valence-corrected chi connectivity index (χ0v) is 21.4. The molecule has 2 N–H and O–H groups in total. The van der Waals surface area contributed by atoms with Crippen LogP contribution in [0.2, 0.25) is 0 Å². The van der Waals surface area contributed by atoms with E-state index in [0.29, 0.717) is 35.5 Å². The van der Waals surface area contributed by atoms with Gasteiger partial charge in [-0.15, -0.1) is 0 Å². The predicted octanol–water partition coefficient (Wildman–Crippen LogP) is 7.08. The molecule has 4 rings (SSSR count). The third-order valence-electron chi connectivity index (χ3n) is 10.6. The number of aliphatic hydroxyl groups is 2. The van der Waals surface area contributed by atoms with Crippen LogP contribution >= 0.6 is 0 Å². The zero-order chi connectivity index (χ0) is 22.6. The van der Waals surface area contributed by atoms with Crippen LogP contribution in [0.4, 0.5) is 0 Å². The number of hydrogen-bond donors (Lipinski definition) is 2. The largest absolute Gasteiger partial charge is 0.393 e. The van der Waals surface area contributed by atoms with E-state index in [1.54, 1.807) is 0 Å². The van der Waals surface area contributed by atoms with Gasteiger partial charge in [-0.2, -0.15) is 0 Å². The highest BCUT2D eigenvalue weighted by molar-refractivity contribution is 5.02. The number of rotatable bonds is 2. The fraction of sp³-hybridized carbons (Fsp3) is 1.00. The van der Waals surface area contributed by atoms with Crippen molar-refractivity contribution in [1.29, 1.82) is 0 Å². The maximum absolute atomic E-state index is 11.8. The van der Waals surface area contributed by atoms with Gasteiger partial charge < -0.3 is 10.2 Å². The van der Waals surface area contributed by atoms with Crippen molar-refractivity contribution in [2.75, 3.05) is 0 Å². The number of hydrogen-bond acceptors (Lipinski definition) is 2. The van der Waals surface area contributed by atoms with Gasteiger partial charge in [0, 0.05) is 0 Å². The molecule has 180 valence electrons. The Bertz CT molecular complexity index is 547. The molecule has 4 fully saturated rings. The Kier molecular flexibility index (Phi) is 6.93. The van der Waals surface area contributed by atoms with Crippen molar-refractivity contribution in [3.63, 3.8) is 0 Å². The molecule has 0 amide bonds. The van der Waals surface area contributed by atoms with Crippen molar-refractivity contribution in [2.45, 2.75) is 124 Å². The van der Waals surface area contributed by atoms with E-state index in [1.807, 2.05) is 0 Å². The van der Waals surface area contributed by atoms with E-state index in [9.17, 15) is 10.2 Å². The van der Waals surface area contributed by atoms with Gasteiger partial charge in [-0.25, -0.2) is 0 Å². The fourth-order valence-corrected chi connectivity index (χ4v) is 8.89. The average Bonchev–Trinajstić information content (AvgIpc) is 2.69. The molecule has 2 heteroatoms. The van der Waals surface area contributed by atoms with E-state index in [1.165, 1.54) is 64.2 Å². The number of fused-ring (bicyclic) bond motifs is 2. The second kappa shape index (κ2) is 8.94. The molecule has 4 aliphatic rings. The van der Waals surface area contributed by atoms with E-state index in [2.05, 4.69) is 41.5 Å². The monoisotopic (exact) mass is 432 g/mol. The molecule has 31 heavy (non-hydrogen) atoms. The summed E-state index contributed by atoms with van der Waals surface area (Å²) in [6, 6.07) is 0. The first-order valence-electron chi connectivity index (χ1n) is 13.8. The highest BCUT2D eigenvalue weighted by atomic mass is 16.3. The summed E-state index contributed by atoms with van der Waals surface area (Å²) in [6.07, 6.45) is 13.9. The summed E-state index contributed by atoms with van der Waals surface area (Å²) in [5.74, 6) is 4.56. The van der Waals surface area contributed by atoms with Gasteiger partial charge in [-0.3, -0.25) is 0 Å². The molecule has 0 bridgehead atoms. The van der Waals surface area contributed by atoms with Crippen LogP contribution in [0.25, 0.3) is 0 Å². The lowest BCUT2D eigenvalue weighted by Gasteiger charge is -2.56. The lowest BCUT2D eigenvalue weighted by Crippen LogP contribution is -2.53. The molecule has 0 spiro atoms. The quantitative estimate of drug-likeness (QED) is 0.489. The molecular formula is C29H52O2. The van der Waals surface area contributed by atoms with Crippen molar-refractivity contribution in [2.24, 2.45) is 58.2 Å². The van der Waals surface area contributed by atoms with Crippen molar-refractivity contribution in [3.05, 3.63) is 0 Å². The molecule has 0 radical (unpaired) electrons. The van der Waals surface area contributed by atoms with E-state index in [4.69, 9.17) is 0 Å². The summed E-state index contributed by atoms with van der Waals surface area (Å²) >= 11 is 0. The first kappa shape index (κ1) is 24.1. The van der Waals surface area contributed by atoms with Crippen LogP contribution in [-0.2, 0) is 0 Å². The second-order valence-corrected chi connectivity index (χ2v) is 14.4. The van der Waals surface area contributed by atoms with Crippen molar-refractivity contribution >= 4 is 0 Å². The van der Waals surface area contributed by atoms with E-state index in [-0.39, 0.29) is 23.0 Å². The van der Waals surface area contributed by atoms with E-state index in [0.717, 1.165) is 18.3 Å². The van der Waals surface area contributed by atoms with Crippen molar-refractivity contribution in [3.8, 4) is 0 Å². The Morgan fingerprint density at radius 3 is 1.29 bits per heavy atom. The smallest absolute Gasteiger partial charge is 0.0604 e. The molecule has 0 heterocycles. The third-order valence-corrected chi connectivity index (χ3v) is 10.6. The van der Waals surface area contributed by atoms with Crippen LogP contribution in [0.1, 0.15) is 112 Å². The Morgan fingerprint density at radius 2 is 0.935 bits per heavy atom. The minimum atomic E-state index is -0.191. The highest BCUT2D eigenvalue weighted by Crippen LogP contribution is 2.56. The molecule has 0 aromatic rings. The average molecular weight is 433 g/mol. The van der Waals surface area contributed by atoms with Gasteiger partial charge >= 0.3 is 0 Å². The van der Waals surface area contributed by atoms with Crippen LogP contribution in [-0.4, -0.2) is 22.4 Å². The Hall–Kier alpha value is -0.0800. The van der Waals surface area contributed by atoms with Gasteiger partial charge in [-0.1, -0.05) is 80.1 Å². The highest BCUT2D eigenvalue weighted by Gasteiger charge is 2.53. The van der Waals surface area contributed by atoms with Gasteiger partial charge in [0.05, 0.1) is 12.2 Å². The van der Waals surface area contributed by atoms with Crippen LogP contribution in [0.15, 0.2) is 0 Å². The van der Waals surface area contributed by atoms with E-state index < -0.39 is 0 Å². The standard InChI is InChI=1S/C29H52O2/c1-28(2,3)24-15-18-11-7-9-13-20(18)22(26(24)30)17-23-21-14-10-8-12-19(21)16-25(27(23)31)29(4,5)6/h18-27,30-31H,7-17H2,1-6H3. The summed E-state index contributed by atoms with van der Waals surface area (Å²) in [6.45, 7) is 14.0. The first-order chi connectivity index (χ1) is 14.5. The van der Waals surface area contributed by atoms with Crippen molar-refractivity contribution < 1.29 is 10.2 Å². The first-order valence-corrected chi connectivity index (χ1v) is 13.8. The Morgan fingerprint density at radius 1 is 0.581 bits per heavy atom. The maximum atomic E-state index is 11.8. The minimum absolute atomic E-state index is 0.159. The van der Waals surface area contributed by atoms with Crippen LogP contribution in [0.5, 0.6) is 0 Å². The Labute approximate surface area is 193 Å². The van der Waals surface area contributed by atoms with E-state index >= 15 is 0 Å². The second-order valence-electron chi connectivity index (χ2n) is 14.4. The molecule has 2 nitrogen and oxygen atoms in total. The normalized spacial score (nSPS) is 46.8. The van der Waals surface area contributed by atoms with Gasteiger partial charge in [0.25, 0.3) is 0 Å². The molecule has 0 saturated heterocycles. The van der Waals surface area contributed by atoms with Crippen LogP contribution < -0.4 is 0 Å². The summed E-state index contributed by atoms with van der Waals surface area (Å²) in [4.78, 5) is 0. The fourth-order valence-electron chi connectivity index (χ4n) is 8.89. The topological polar surface area (TPSA) is 40.5 Å². The molecular weight excluding hydrogens is 380 g/mol. The molecule has 10 atom stereocenters. The van der Waals surface area contributed by atoms with Gasteiger partial charge in [0.2, 0.25) is 0 Å². The predicted molar refractivity (Wildman–Crippen MR) is 130 cm³/mol. The van der Waals surface area contributed by atoms with Gasteiger partial charge in [0.15, 0.2) is 0 Å². The Balaban J connectivity index is 1.62. The molecule has 0 aliphatic heterocycles. The van der Waals surface area contributed by atoms with Gasteiger partial charge in [-0.05, 0) is 90.3 Å². The molecule has 0 aromatic carbocycles. The maximum Gasteiger partial charge on any atom is 0.0604 e. The summed E-state index contributed by atoms with van der Waals surface area (Å²) in [5, 5.41) is 23.5. The third kappa shape index (κ3) is 4.77.